The smallest absolute Gasteiger partial charge is 0.257 e. The van der Waals surface area contributed by atoms with Gasteiger partial charge in [0.25, 0.3) is 5.91 Å². The molecule has 2 amide bonds. The summed E-state index contributed by atoms with van der Waals surface area (Å²) in [4.78, 5) is 31.5. The Morgan fingerprint density at radius 3 is 2.70 bits per heavy atom. The molecule has 1 aliphatic heterocycles. The van der Waals surface area contributed by atoms with Crippen LogP contribution in [-0.4, -0.2) is 39.4 Å². The maximum Gasteiger partial charge on any atom is 0.257 e. The number of imidazole rings is 1. The highest BCUT2D eigenvalue weighted by atomic mass is 16.3. The van der Waals surface area contributed by atoms with Gasteiger partial charge >= 0.3 is 0 Å². The van der Waals surface area contributed by atoms with E-state index in [0.717, 1.165) is 0 Å². The van der Waals surface area contributed by atoms with Gasteiger partial charge in [-0.1, -0.05) is 0 Å². The lowest BCUT2D eigenvalue weighted by Crippen LogP contribution is -2.55. The average molecular weight is 368 g/mol. The fourth-order valence-corrected chi connectivity index (χ4v) is 3.51. The Morgan fingerprint density at radius 1 is 1.22 bits per heavy atom. The SMILES string of the molecule is O=C(c1ccoc1)N1CCC(C(=O)NCc2ccco2)(n2ccnc2)CC1. The van der Waals surface area contributed by atoms with E-state index in [9.17, 15) is 9.59 Å². The van der Waals surface area contributed by atoms with E-state index in [1.165, 1.54) is 12.5 Å². The number of hydrogen-bond donors (Lipinski definition) is 1. The molecule has 0 bridgehead atoms. The zero-order chi connectivity index (χ0) is 18.7. The monoisotopic (exact) mass is 368 g/mol. The zero-order valence-corrected chi connectivity index (χ0v) is 14.7. The van der Waals surface area contributed by atoms with Crippen molar-refractivity contribution < 1.29 is 18.4 Å². The quantitative estimate of drug-likeness (QED) is 0.744. The fourth-order valence-electron chi connectivity index (χ4n) is 3.51. The van der Waals surface area contributed by atoms with E-state index < -0.39 is 5.54 Å². The molecule has 4 rings (SSSR count). The summed E-state index contributed by atoms with van der Waals surface area (Å²) in [7, 11) is 0. The molecule has 1 saturated heterocycles. The molecule has 8 nitrogen and oxygen atoms in total. The predicted molar refractivity (Wildman–Crippen MR) is 94.6 cm³/mol. The maximum atomic E-state index is 13.1. The summed E-state index contributed by atoms with van der Waals surface area (Å²) in [5.74, 6) is 0.503. The van der Waals surface area contributed by atoms with Crippen molar-refractivity contribution in [1.29, 1.82) is 0 Å². The topological polar surface area (TPSA) is 93.5 Å². The van der Waals surface area contributed by atoms with Gasteiger partial charge in [-0.15, -0.1) is 0 Å². The van der Waals surface area contributed by atoms with Gasteiger partial charge in [-0.2, -0.15) is 0 Å². The highest BCUT2D eigenvalue weighted by Crippen LogP contribution is 2.31. The molecule has 3 aromatic rings. The molecule has 0 aliphatic carbocycles. The summed E-state index contributed by atoms with van der Waals surface area (Å²) in [5.41, 5.74) is -0.261. The van der Waals surface area contributed by atoms with Crippen LogP contribution in [0.25, 0.3) is 0 Å². The molecule has 0 saturated carbocycles. The standard InChI is InChI=1S/C19H20N4O4/c24-17(15-3-11-26-13-15)22-7-4-19(5-8-22,23-9-6-20-14-23)18(25)21-12-16-2-1-10-27-16/h1-3,6,9-11,13-14H,4-5,7-8,12H2,(H,21,25). The van der Waals surface area contributed by atoms with Gasteiger partial charge in [-0.25, -0.2) is 4.98 Å². The first-order chi connectivity index (χ1) is 13.2. The predicted octanol–water partition coefficient (Wildman–Crippen LogP) is 2.02. The van der Waals surface area contributed by atoms with Crippen LogP contribution in [0.15, 0.2) is 64.5 Å². The van der Waals surface area contributed by atoms with Crippen LogP contribution in [0.5, 0.6) is 0 Å². The van der Waals surface area contributed by atoms with Crippen LogP contribution >= 0.6 is 0 Å². The average Bonchev–Trinajstić information content (AvgIpc) is 3.48. The van der Waals surface area contributed by atoms with E-state index in [-0.39, 0.29) is 11.8 Å². The molecule has 1 aliphatic rings. The molecule has 4 heterocycles. The molecule has 8 heteroatoms. The van der Waals surface area contributed by atoms with Crippen molar-refractivity contribution in [3.63, 3.8) is 0 Å². The number of rotatable bonds is 5. The van der Waals surface area contributed by atoms with Crippen LogP contribution in [0.4, 0.5) is 0 Å². The van der Waals surface area contributed by atoms with E-state index in [1.54, 1.807) is 42.0 Å². The molecule has 0 aromatic carbocycles. The van der Waals surface area contributed by atoms with Crippen molar-refractivity contribution >= 4 is 11.8 Å². The fraction of sp³-hybridized carbons (Fsp3) is 0.316. The molecule has 0 radical (unpaired) electrons. The zero-order valence-electron chi connectivity index (χ0n) is 14.7. The highest BCUT2D eigenvalue weighted by molar-refractivity contribution is 5.94. The molecule has 0 atom stereocenters. The first kappa shape index (κ1) is 17.1. The second-order valence-corrected chi connectivity index (χ2v) is 6.57. The van der Waals surface area contributed by atoms with Crippen LogP contribution in [-0.2, 0) is 16.9 Å². The summed E-state index contributed by atoms with van der Waals surface area (Å²) in [6, 6.07) is 5.25. The number of likely N-dealkylation sites (tertiary alicyclic amines) is 1. The molecular formula is C19H20N4O4. The number of nitrogens with zero attached hydrogens (tertiary/aromatic N) is 3. The van der Waals surface area contributed by atoms with E-state index in [2.05, 4.69) is 10.3 Å². The number of carbonyl (C=O) groups is 2. The first-order valence-electron chi connectivity index (χ1n) is 8.80. The summed E-state index contributed by atoms with van der Waals surface area (Å²) < 4.78 is 12.1. The summed E-state index contributed by atoms with van der Waals surface area (Å²) in [6.07, 6.45) is 10.6. The number of hydrogen-bond acceptors (Lipinski definition) is 5. The lowest BCUT2D eigenvalue weighted by atomic mass is 9.85. The molecule has 0 spiro atoms. The van der Waals surface area contributed by atoms with Crippen molar-refractivity contribution in [1.82, 2.24) is 19.8 Å². The Kier molecular flexibility index (Phi) is 4.53. The summed E-state index contributed by atoms with van der Waals surface area (Å²) in [6.45, 7) is 1.26. The van der Waals surface area contributed by atoms with Gasteiger partial charge in [0, 0.05) is 25.5 Å². The summed E-state index contributed by atoms with van der Waals surface area (Å²) in [5, 5.41) is 2.96. The highest BCUT2D eigenvalue weighted by Gasteiger charge is 2.43. The van der Waals surface area contributed by atoms with E-state index in [4.69, 9.17) is 8.83 Å². The maximum absolute atomic E-state index is 13.1. The molecular weight excluding hydrogens is 348 g/mol. The number of piperidine rings is 1. The normalized spacial score (nSPS) is 16.2. The second-order valence-electron chi connectivity index (χ2n) is 6.57. The number of furan rings is 2. The minimum atomic E-state index is -0.781. The molecule has 27 heavy (non-hydrogen) atoms. The van der Waals surface area contributed by atoms with Crippen LogP contribution in [0.1, 0.15) is 29.0 Å². The van der Waals surface area contributed by atoms with Crippen molar-refractivity contribution in [2.24, 2.45) is 0 Å². The Bertz CT molecular complexity index is 876. The van der Waals surface area contributed by atoms with Gasteiger partial charge in [0.05, 0.1) is 31.0 Å². The number of carbonyl (C=O) groups excluding carboxylic acids is 2. The number of aromatic nitrogens is 2. The lowest BCUT2D eigenvalue weighted by Gasteiger charge is -2.41. The third kappa shape index (κ3) is 3.25. The van der Waals surface area contributed by atoms with Gasteiger partial charge in [0.1, 0.15) is 17.6 Å². The van der Waals surface area contributed by atoms with Gasteiger partial charge in [0.2, 0.25) is 5.91 Å². The molecule has 1 fully saturated rings. The third-order valence-electron chi connectivity index (χ3n) is 5.07. The van der Waals surface area contributed by atoms with Crippen molar-refractivity contribution in [2.45, 2.75) is 24.9 Å². The first-order valence-corrected chi connectivity index (χ1v) is 8.80. The van der Waals surface area contributed by atoms with E-state index in [1.807, 2.05) is 10.6 Å². The summed E-state index contributed by atoms with van der Waals surface area (Å²) >= 11 is 0. The van der Waals surface area contributed by atoms with Gasteiger partial charge < -0.3 is 23.6 Å². The Balaban J connectivity index is 1.49. The van der Waals surface area contributed by atoms with E-state index in [0.29, 0.717) is 43.8 Å². The lowest BCUT2D eigenvalue weighted by molar-refractivity contribution is -0.132. The second kappa shape index (κ2) is 7.14. The van der Waals surface area contributed by atoms with Crippen LogP contribution in [0.2, 0.25) is 0 Å². The molecule has 3 aromatic heterocycles. The number of amides is 2. The molecule has 1 N–H and O–H groups in total. The third-order valence-corrected chi connectivity index (χ3v) is 5.07. The van der Waals surface area contributed by atoms with Crippen molar-refractivity contribution in [3.8, 4) is 0 Å². The van der Waals surface area contributed by atoms with Crippen LogP contribution in [0, 0.1) is 0 Å². The van der Waals surface area contributed by atoms with Crippen molar-refractivity contribution in [2.75, 3.05) is 13.1 Å². The van der Waals surface area contributed by atoms with Gasteiger partial charge in [-0.05, 0) is 31.0 Å². The largest absolute Gasteiger partial charge is 0.472 e. The van der Waals surface area contributed by atoms with Crippen LogP contribution in [0.3, 0.4) is 0 Å². The minimum Gasteiger partial charge on any atom is -0.472 e. The Hall–Kier alpha value is -3.29. The van der Waals surface area contributed by atoms with E-state index >= 15 is 0 Å². The number of nitrogens with one attached hydrogen (secondary N) is 1. The molecule has 140 valence electrons. The Morgan fingerprint density at radius 2 is 2.07 bits per heavy atom. The van der Waals surface area contributed by atoms with Gasteiger partial charge in [-0.3, -0.25) is 9.59 Å². The van der Waals surface area contributed by atoms with Crippen LogP contribution < -0.4 is 5.32 Å². The minimum absolute atomic E-state index is 0.0843. The Labute approximate surface area is 155 Å². The van der Waals surface area contributed by atoms with Gasteiger partial charge in [0.15, 0.2) is 0 Å². The van der Waals surface area contributed by atoms with Crippen molar-refractivity contribution in [3.05, 3.63) is 67.0 Å². The molecule has 0 unspecified atom stereocenters.